The van der Waals surface area contributed by atoms with Gasteiger partial charge in [-0.3, -0.25) is 4.79 Å². The molecular formula is C18H24FN3O2. The highest BCUT2D eigenvalue weighted by atomic mass is 19.1. The van der Waals surface area contributed by atoms with E-state index < -0.39 is 0 Å². The third-order valence-electron chi connectivity index (χ3n) is 4.50. The van der Waals surface area contributed by atoms with Crippen LogP contribution < -0.4 is 5.32 Å². The van der Waals surface area contributed by atoms with Gasteiger partial charge in [0.05, 0.1) is 13.3 Å². The van der Waals surface area contributed by atoms with Gasteiger partial charge >= 0.3 is 5.97 Å². The smallest absolute Gasteiger partial charge is 0.305 e. The van der Waals surface area contributed by atoms with Crippen LogP contribution in [0.15, 0.2) is 18.5 Å². The maximum absolute atomic E-state index is 13.7. The molecule has 0 aliphatic heterocycles. The van der Waals surface area contributed by atoms with Crippen molar-refractivity contribution in [3.8, 4) is 0 Å². The summed E-state index contributed by atoms with van der Waals surface area (Å²) in [4.78, 5) is 15.5. The van der Waals surface area contributed by atoms with Crippen molar-refractivity contribution in [1.82, 2.24) is 14.9 Å². The number of aryl methyl sites for hydroxylation is 1. The van der Waals surface area contributed by atoms with Gasteiger partial charge in [-0.15, -0.1) is 0 Å². The maximum Gasteiger partial charge on any atom is 0.305 e. The summed E-state index contributed by atoms with van der Waals surface area (Å²) >= 11 is 0. The van der Waals surface area contributed by atoms with E-state index in [1.165, 1.54) is 26.1 Å². The Bertz CT molecular complexity index is 724. The van der Waals surface area contributed by atoms with Gasteiger partial charge in [0.2, 0.25) is 0 Å². The number of nitrogens with zero attached hydrogens (tertiary/aromatic N) is 2. The van der Waals surface area contributed by atoms with E-state index >= 15 is 0 Å². The maximum atomic E-state index is 13.7. The minimum absolute atomic E-state index is 0.167. The van der Waals surface area contributed by atoms with Gasteiger partial charge in [0.15, 0.2) is 0 Å². The summed E-state index contributed by atoms with van der Waals surface area (Å²) < 4.78 is 20.4. The Balaban J connectivity index is 1.75. The van der Waals surface area contributed by atoms with Crippen LogP contribution in [0.25, 0.3) is 11.0 Å². The molecule has 1 saturated carbocycles. The lowest BCUT2D eigenvalue weighted by Crippen LogP contribution is -2.20. The number of carbonyl (C=O) groups is 1. The molecule has 2 aromatic rings. The first-order valence-corrected chi connectivity index (χ1v) is 8.55. The highest BCUT2D eigenvalue weighted by molar-refractivity contribution is 5.81. The number of pyridine rings is 1. The van der Waals surface area contributed by atoms with Gasteiger partial charge in [-0.25, -0.2) is 9.37 Å². The van der Waals surface area contributed by atoms with Crippen LogP contribution >= 0.6 is 0 Å². The van der Waals surface area contributed by atoms with E-state index in [9.17, 15) is 9.18 Å². The van der Waals surface area contributed by atoms with Crippen molar-refractivity contribution in [2.45, 2.75) is 57.7 Å². The molecule has 1 aliphatic carbocycles. The molecule has 1 unspecified atom stereocenters. The van der Waals surface area contributed by atoms with E-state index in [2.05, 4.69) is 32.7 Å². The Morgan fingerprint density at radius 3 is 3.00 bits per heavy atom. The van der Waals surface area contributed by atoms with Gasteiger partial charge in [-0.05, 0) is 44.2 Å². The van der Waals surface area contributed by atoms with E-state index in [4.69, 9.17) is 0 Å². The SMILES string of the molecule is COC(=O)CCCCn1cc(C(C)NC2CC2)c2cc(F)cnc21. The fourth-order valence-corrected chi connectivity index (χ4v) is 3.03. The van der Waals surface area contributed by atoms with Gasteiger partial charge in [-0.2, -0.15) is 0 Å². The van der Waals surface area contributed by atoms with Crippen LogP contribution in [0, 0.1) is 5.82 Å². The molecule has 24 heavy (non-hydrogen) atoms. The van der Waals surface area contributed by atoms with Crippen molar-refractivity contribution in [2.24, 2.45) is 0 Å². The number of unbranched alkanes of at least 4 members (excludes halogenated alkanes) is 1. The fraction of sp³-hybridized carbons (Fsp3) is 0.556. The van der Waals surface area contributed by atoms with Gasteiger partial charge in [0.25, 0.3) is 0 Å². The molecule has 1 atom stereocenters. The third kappa shape index (κ3) is 3.93. The molecule has 1 aliphatic rings. The third-order valence-corrected chi connectivity index (χ3v) is 4.50. The fourth-order valence-electron chi connectivity index (χ4n) is 3.03. The van der Waals surface area contributed by atoms with Gasteiger partial charge in [-0.1, -0.05) is 0 Å². The monoisotopic (exact) mass is 333 g/mol. The number of hydrogen-bond acceptors (Lipinski definition) is 4. The van der Waals surface area contributed by atoms with Crippen molar-refractivity contribution in [3.63, 3.8) is 0 Å². The Hall–Kier alpha value is -1.95. The number of halogens is 1. The van der Waals surface area contributed by atoms with Crippen molar-refractivity contribution < 1.29 is 13.9 Å². The second-order valence-corrected chi connectivity index (χ2v) is 6.50. The molecule has 5 nitrogen and oxygen atoms in total. The van der Waals surface area contributed by atoms with Crippen molar-refractivity contribution in [2.75, 3.05) is 7.11 Å². The molecule has 1 fully saturated rings. The average Bonchev–Trinajstić information content (AvgIpc) is 3.31. The first-order chi connectivity index (χ1) is 11.6. The van der Waals surface area contributed by atoms with Crippen molar-refractivity contribution >= 4 is 17.0 Å². The highest BCUT2D eigenvalue weighted by Crippen LogP contribution is 2.29. The van der Waals surface area contributed by atoms with E-state index in [1.54, 1.807) is 6.07 Å². The number of hydrogen-bond donors (Lipinski definition) is 1. The number of carbonyl (C=O) groups excluding carboxylic acids is 1. The van der Waals surface area contributed by atoms with Gasteiger partial charge in [0, 0.05) is 36.6 Å². The van der Waals surface area contributed by atoms with Crippen LogP contribution in [-0.2, 0) is 16.1 Å². The summed E-state index contributed by atoms with van der Waals surface area (Å²) in [5.74, 6) is -0.499. The van der Waals surface area contributed by atoms with Crippen molar-refractivity contribution in [1.29, 1.82) is 0 Å². The van der Waals surface area contributed by atoms with Crippen LogP contribution in [0.1, 0.15) is 50.6 Å². The van der Waals surface area contributed by atoms with Crippen molar-refractivity contribution in [3.05, 3.63) is 29.8 Å². The summed E-state index contributed by atoms with van der Waals surface area (Å²) in [6, 6.07) is 2.31. The predicted molar refractivity (Wildman–Crippen MR) is 90.1 cm³/mol. The Labute approximate surface area is 141 Å². The number of ether oxygens (including phenoxy) is 1. The summed E-state index contributed by atoms with van der Waals surface area (Å²) in [5.41, 5.74) is 1.88. The Morgan fingerprint density at radius 1 is 1.50 bits per heavy atom. The quantitative estimate of drug-likeness (QED) is 0.595. The predicted octanol–water partition coefficient (Wildman–Crippen LogP) is 3.33. The van der Waals surface area contributed by atoms with Crippen LogP contribution in [0.2, 0.25) is 0 Å². The van der Waals surface area contributed by atoms with E-state index in [0.29, 0.717) is 12.5 Å². The van der Waals surface area contributed by atoms with E-state index in [1.807, 2.05) is 0 Å². The first-order valence-electron chi connectivity index (χ1n) is 8.55. The standard InChI is InChI=1S/C18H24FN3O2/c1-12(21-14-6-7-14)16-11-22(8-4-3-5-17(23)24-2)18-15(16)9-13(19)10-20-18/h9-12,14,21H,3-8H2,1-2H3. The number of rotatable bonds is 8. The molecule has 2 aromatic heterocycles. The highest BCUT2D eigenvalue weighted by Gasteiger charge is 2.25. The molecular weight excluding hydrogens is 309 g/mol. The molecule has 6 heteroatoms. The minimum Gasteiger partial charge on any atom is -0.469 e. The lowest BCUT2D eigenvalue weighted by molar-refractivity contribution is -0.140. The van der Waals surface area contributed by atoms with Gasteiger partial charge < -0.3 is 14.6 Å². The molecule has 2 heterocycles. The van der Waals surface area contributed by atoms with Crippen LogP contribution in [-0.4, -0.2) is 28.7 Å². The summed E-state index contributed by atoms with van der Waals surface area (Å²) in [5, 5.41) is 4.42. The van der Waals surface area contributed by atoms with E-state index in [0.717, 1.165) is 36.0 Å². The largest absolute Gasteiger partial charge is 0.469 e. The topological polar surface area (TPSA) is 56.1 Å². The first kappa shape index (κ1) is 16.9. The van der Waals surface area contributed by atoms with Crippen LogP contribution in [0.3, 0.4) is 0 Å². The zero-order chi connectivity index (χ0) is 17.1. The molecule has 0 saturated heterocycles. The summed E-state index contributed by atoms with van der Waals surface area (Å²) in [6.07, 6.45) is 7.78. The zero-order valence-corrected chi connectivity index (χ0v) is 14.2. The number of methoxy groups -OCH3 is 1. The molecule has 3 rings (SSSR count). The normalized spacial score (nSPS) is 15.6. The molecule has 0 spiro atoms. The molecule has 0 bridgehead atoms. The Kier molecular flexibility index (Phi) is 5.14. The second kappa shape index (κ2) is 7.30. The number of nitrogens with one attached hydrogen (secondary N) is 1. The molecule has 0 aromatic carbocycles. The lowest BCUT2D eigenvalue weighted by atomic mass is 10.1. The molecule has 0 radical (unpaired) electrons. The average molecular weight is 333 g/mol. The second-order valence-electron chi connectivity index (χ2n) is 6.50. The summed E-state index contributed by atoms with van der Waals surface area (Å²) in [7, 11) is 1.40. The zero-order valence-electron chi connectivity index (χ0n) is 14.2. The van der Waals surface area contributed by atoms with Crippen LogP contribution in [0.4, 0.5) is 4.39 Å². The van der Waals surface area contributed by atoms with Crippen LogP contribution in [0.5, 0.6) is 0 Å². The summed E-state index contributed by atoms with van der Waals surface area (Å²) in [6.45, 7) is 2.86. The number of aromatic nitrogens is 2. The molecule has 0 amide bonds. The van der Waals surface area contributed by atoms with Gasteiger partial charge in [0.1, 0.15) is 11.5 Å². The number of fused-ring (bicyclic) bond motifs is 1. The minimum atomic E-state index is -0.314. The molecule has 1 N–H and O–H groups in total. The lowest BCUT2D eigenvalue weighted by Gasteiger charge is -2.12. The van der Waals surface area contributed by atoms with E-state index in [-0.39, 0.29) is 17.8 Å². The number of esters is 1. The Morgan fingerprint density at radius 2 is 2.29 bits per heavy atom. The molecule has 130 valence electrons.